The smallest absolute Gasteiger partial charge is 0.222 e. The summed E-state index contributed by atoms with van der Waals surface area (Å²) in [5.74, 6) is 1.88. The number of imidazole rings is 1. The molecule has 2 aliphatic rings. The van der Waals surface area contributed by atoms with Crippen molar-refractivity contribution in [2.45, 2.75) is 38.6 Å². The number of aromatic nitrogens is 2. The van der Waals surface area contributed by atoms with Gasteiger partial charge in [-0.25, -0.2) is 4.98 Å². The van der Waals surface area contributed by atoms with Crippen molar-refractivity contribution in [2.24, 2.45) is 5.92 Å². The summed E-state index contributed by atoms with van der Waals surface area (Å²) in [4.78, 5) is 25.3. The van der Waals surface area contributed by atoms with Crippen molar-refractivity contribution in [1.82, 2.24) is 19.8 Å². The number of aromatic amines is 1. The molecule has 26 heavy (non-hydrogen) atoms. The molecule has 0 saturated carbocycles. The fourth-order valence-corrected chi connectivity index (χ4v) is 4.23. The summed E-state index contributed by atoms with van der Waals surface area (Å²) in [6, 6.07) is 10.2. The van der Waals surface area contributed by atoms with Crippen LogP contribution in [0.3, 0.4) is 0 Å². The Morgan fingerprint density at radius 2 is 2.12 bits per heavy atom. The van der Waals surface area contributed by atoms with E-state index in [1.54, 1.807) is 0 Å². The number of carbonyl (C=O) groups is 1. The molecule has 1 saturated heterocycles. The normalized spacial score (nSPS) is 20.8. The SMILES string of the molecule is CN1CCC[C@H](CCC(=O)N2CCc3nc(-c4ccccc4)[nH]c3C2)C1. The van der Waals surface area contributed by atoms with Crippen LogP contribution >= 0.6 is 0 Å². The number of nitrogens with zero attached hydrogens (tertiary/aromatic N) is 3. The van der Waals surface area contributed by atoms with Gasteiger partial charge in [-0.3, -0.25) is 4.79 Å². The Bertz CT molecular complexity index is 755. The number of rotatable bonds is 4. The summed E-state index contributed by atoms with van der Waals surface area (Å²) < 4.78 is 0. The highest BCUT2D eigenvalue weighted by molar-refractivity contribution is 5.76. The number of likely N-dealkylation sites (tertiary alicyclic amines) is 1. The van der Waals surface area contributed by atoms with E-state index in [0.717, 1.165) is 48.7 Å². The van der Waals surface area contributed by atoms with E-state index >= 15 is 0 Å². The first-order chi connectivity index (χ1) is 12.7. The van der Waals surface area contributed by atoms with Crippen molar-refractivity contribution in [2.75, 3.05) is 26.7 Å². The lowest BCUT2D eigenvalue weighted by Gasteiger charge is -2.31. The van der Waals surface area contributed by atoms with E-state index in [2.05, 4.69) is 29.1 Å². The molecule has 0 bridgehead atoms. The largest absolute Gasteiger partial charge is 0.340 e. The molecule has 1 atom stereocenters. The van der Waals surface area contributed by atoms with E-state index in [9.17, 15) is 4.79 Å². The molecule has 2 aromatic rings. The van der Waals surface area contributed by atoms with Gasteiger partial charge in [0.25, 0.3) is 0 Å². The number of fused-ring (bicyclic) bond motifs is 1. The Morgan fingerprint density at radius 1 is 1.27 bits per heavy atom. The van der Waals surface area contributed by atoms with Gasteiger partial charge in [0.1, 0.15) is 5.82 Å². The van der Waals surface area contributed by atoms with Gasteiger partial charge in [-0.15, -0.1) is 0 Å². The summed E-state index contributed by atoms with van der Waals surface area (Å²) in [6.07, 6.45) is 5.07. The number of piperidine rings is 1. The molecule has 1 aromatic heterocycles. The van der Waals surface area contributed by atoms with Gasteiger partial charge in [0.2, 0.25) is 5.91 Å². The van der Waals surface area contributed by atoms with Crippen molar-refractivity contribution in [3.8, 4) is 11.4 Å². The zero-order valence-corrected chi connectivity index (χ0v) is 15.6. The van der Waals surface area contributed by atoms with Gasteiger partial charge in [0.15, 0.2) is 0 Å². The standard InChI is InChI=1S/C21H28N4O/c1-24-12-5-6-16(14-24)9-10-20(26)25-13-11-18-19(15-25)23-21(22-18)17-7-3-2-4-8-17/h2-4,7-8,16H,5-6,9-15H2,1H3,(H,22,23)/t16-/m1/s1. The first kappa shape index (κ1) is 17.3. The third-order valence-electron chi connectivity index (χ3n) is 5.72. The zero-order valence-electron chi connectivity index (χ0n) is 15.6. The monoisotopic (exact) mass is 352 g/mol. The van der Waals surface area contributed by atoms with Crippen LogP contribution in [0.15, 0.2) is 30.3 Å². The number of hydrogen-bond acceptors (Lipinski definition) is 3. The highest BCUT2D eigenvalue weighted by Gasteiger charge is 2.25. The summed E-state index contributed by atoms with van der Waals surface area (Å²) in [5.41, 5.74) is 3.31. The second-order valence-electron chi connectivity index (χ2n) is 7.75. The molecular formula is C21H28N4O. The molecule has 1 fully saturated rings. The van der Waals surface area contributed by atoms with E-state index in [-0.39, 0.29) is 0 Å². The quantitative estimate of drug-likeness (QED) is 0.920. The van der Waals surface area contributed by atoms with Crippen LogP contribution in [0.25, 0.3) is 11.4 Å². The van der Waals surface area contributed by atoms with Gasteiger partial charge in [0.05, 0.1) is 17.9 Å². The summed E-state index contributed by atoms with van der Waals surface area (Å²) in [6.45, 7) is 3.79. The number of H-pyrrole nitrogens is 1. The molecule has 0 spiro atoms. The van der Waals surface area contributed by atoms with Crippen molar-refractivity contribution < 1.29 is 4.79 Å². The highest BCUT2D eigenvalue weighted by Crippen LogP contribution is 2.24. The van der Waals surface area contributed by atoms with Crippen LogP contribution in [0.4, 0.5) is 0 Å². The predicted octanol–water partition coefficient (Wildman–Crippen LogP) is 3.08. The number of benzene rings is 1. The molecule has 4 rings (SSSR count). The van der Waals surface area contributed by atoms with Crippen LogP contribution in [0.5, 0.6) is 0 Å². The molecular weight excluding hydrogens is 324 g/mol. The van der Waals surface area contributed by atoms with Crippen LogP contribution < -0.4 is 0 Å². The third-order valence-corrected chi connectivity index (χ3v) is 5.72. The highest BCUT2D eigenvalue weighted by atomic mass is 16.2. The van der Waals surface area contributed by atoms with Crippen molar-refractivity contribution in [1.29, 1.82) is 0 Å². The van der Waals surface area contributed by atoms with Crippen LogP contribution in [0.1, 0.15) is 37.1 Å². The number of amides is 1. The lowest BCUT2D eigenvalue weighted by molar-refractivity contribution is -0.132. The Hall–Kier alpha value is -2.14. The second kappa shape index (κ2) is 7.62. The first-order valence-corrected chi connectivity index (χ1v) is 9.78. The van der Waals surface area contributed by atoms with Gasteiger partial charge in [0, 0.05) is 31.5 Å². The topological polar surface area (TPSA) is 52.2 Å². The van der Waals surface area contributed by atoms with Gasteiger partial charge in [-0.2, -0.15) is 0 Å². The molecule has 5 heteroatoms. The maximum Gasteiger partial charge on any atom is 0.222 e. The number of hydrogen-bond donors (Lipinski definition) is 1. The fourth-order valence-electron chi connectivity index (χ4n) is 4.23. The molecule has 0 aliphatic carbocycles. The van der Waals surface area contributed by atoms with Crippen LogP contribution in [-0.2, 0) is 17.8 Å². The summed E-state index contributed by atoms with van der Waals surface area (Å²) >= 11 is 0. The van der Waals surface area contributed by atoms with Crippen molar-refractivity contribution >= 4 is 5.91 Å². The van der Waals surface area contributed by atoms with Crippen LogP contribution in [0, 0.1) is 5.92 Å². The van der Waals surface area contributed by atoms with E-state index < -0.39 is 0 Å². The Morgan fingerprint density at radius 3 is 2.92 bits per heavy atom. The third kappa shape index (κ3) is 3.83. The fraction of sp³-hybridized carbons (Fsp3) is 0.524. The molecule has 138 valence electrons. The minimum atomic E-state index is 0.291. The maximum atomic E-state index is 12.7. The molecule has 3 heterocycles. The molecule has 0 radical (unpaired) electrons. The molecule has 5 nitrogen and oxygen atoms in total. The van der Waals surface area contributed by atoms with Gasteiger partial charge in [-0.1, -0.05) is 30.3 Å². The first-order valence-electron chi connectivity index (χ1n) is 9.78. The van der Waals surface area contributed by atoms with Crippen molar-refractivity contribution in [3.63, 3.8) is 0 Å². The molecule has 2 aliphatic heterocycles. The molecule has 1 N–H and O–H groups in total. The number of carbonyl (C=O) groups excluding carboxylic acids is 1. The minimum absolute atomic E-state index is 0.291. The van der Waals surface area contributed by atoms with E-state index in [1.165, 1.54) is 19.4 Å². The van der Waals surface area contributed by atoms with E-state index in [4.69, 9.17) is 4.98 Å². The summed E-state index contributed by atoms with van der Waals surface area (Å²) in [5, 5.41) is 0. The van der Waals surface area contributed by atoms with E-state index in [1.807, 2.05) is 23.1 Å². The minimum Gasteiger partial charge on any atom is -0.340 e. The van der Waals surface area contributed by atoms with Crippen molar-refractivity contribution in [3.05, 3.63) is 41.7 Å². The predicted molar refractivity (Wildman–Crippen MR) is 103 cm³/mol. The molecule has 0 unspecified atom stereocenters. The molecule has 1 amide bonds. The van der Waals surface area contributed by atoms with Gasteiger partial charge in [-0.05, 0) is 38.8 Å². The van der Waals surface area contributed by atoms with Gasteiger partial charge >= 0.3 is 0 Å². The Labute approximate surface area is 155 Å². The van der Waals surface area contributed by atoms with Crippen LogP contribution in [-0.4, -0.2) is 52.4 Å². The lowest BCUT2D eigenvalue weighted by atomic mass is 9.93. The summed E-state index contributed by atoms with van der Waals surface area (Å²) in [7, 11) is 2.18. The second-order valence-corrected chi connectivity index (χ2v) is 7.75. The van der Waals surface area contributed by atoms with Gasteiger partial charge < -0.3 is 14.8 Å². The maximum absolute atomic E-state index is 12.7. The lowest BCUT2D eigenvalue weighted by Crippen LogP contribution is -2.37. The Kier molecular flexibility index (Phi) is 5.07. The number of nitrogens with one attached hydrogen (secondary N) is 1. The van der Waals surface area contributed by atoms with Crippen LogP contribution in [0.2, 0.25) is 0 Å². The Balaban J connectivity index is 1.35. The molecule has 1 aromatic carbocycles. The zero-order chi connectivity index (χ0) is 17.9. The average molecular weight is 352 g/mol. The average Bonchev–Trinajstić information content (AvgIpc) is 3.10. The van der Waals surface area contributed by atoms with E-state index in [0.29, 0.717) is 24.8 Å².